The summed E-state index contributed by atoms with van der Waals surface area (Å²) in [5.41, 5.74) is 10.4. The number of carbonyl (C=O) groups excluding carboxylic acids is 7. The molecule has 0 radical (unpaired) electrons. The monoisotopic (exact) mass is 1280 g/mol. The lowest BCUT2D eigenvalue weighted by Crippen LogP contribution is -2.61. The second kappa shape index (κ2) is 32.5. The van der Waals surface area contributed by atoms with Crippen LogP contribution in [0, 0.1) is 29.6 Å². The molecule has 2 aromatic heterocycles. The first kappa shape index (κ1) is 71.2. The number of ketones is 4. The number of allylic oxidation sites excluding steroid dienone is 6. The Bertz CT molecular complexity index is 3060. The Labute approximate surface area is 540 Å². The molecule has 24 nitrogen and oxygen atoms in total. The van der Waals surface area contributed by atoms with Gasteiger partial charge in [-0.2, -0.15) is 0 Å². The van der Waals surface area contributed by atoms with Gasteiger partial charge < -0.3 is 64.0 Å². The number of hydrogen-bond acceptors (Lipinski definition) is 22. The third kappa shape index (κ3) is 17.6. The van der Waals surface area contributed by atoms with Gasteiger partial charge in [-0.05, 0) is 108 Å². The normalized spacial score (nSPS) is 33.7. The van der Waals surface area contributed by atoms with E-state index in [4.69, 9.17) is 39.1 Å². The fraction of sp³-hybridized carbons (Fsp3) is 0.662. The van der Waals surface area contributed by atoms with Gasteiger partial charge in [0, 0.05) is 128 Å². The predicted molar refractivity (Wildman–Crippen MR) is 341 cm³/mol. The van der Waals surface area contributed by atoms with E-state index in [-0.39, 0.29) is 68.0 Å². The average molecular weight is 1280 g/mol. The Kier molecular flexibility index (Phi) is 25.1. The summed E-state index contributed by atoms with van der Waals surface area (Å²) < 4.78 is 36.2. The van der Waals surface area contributed by atoms with Gasteiger partial charge in [-0.1, -0.05) is 64.2 Å². The summed E-state index contributed by atoms with van der Waals surface area (Å²) in [5, 5.41) is 23.7. The summed E-state index contributed by atoms with van der Waals surface area (Å²) >= 11 is 0. The zero-order valence-corrected chi connectivity index (χ0v) is 55.3. The van der Waals surface area contributed by atoms with Crippen molar-refractivity contribution in [3.8, 4) is 0 Å². The lowest BCUT2D eigenvalue weighted by molar-refractivity contribution is -0.265. The topological polar surface area (TPSA) is 306 Å². The minimum Gasteiger partial charge on any atom is -0.459 e. The van der Waals surface area contributed by atoms with Crippen LogP contribution in [0.25, 0.3) is 0 Å². The molecule has 1 saturated carbocycles. The molecular formula is C68H97N9O15. The summed E-state index contributed by atoms with van der Waals surface area (Å²) in [6.45, 7) is 15.3. The lowest BCUT2D eigenvalue weighted by atomic mass is 9.80. The number of ether oxygens (including phenoxy) is 6. The molecule has 5 aliphatic heterocycles. The Morgan fingerprint density at radius 3 is 2.18 bits per heavy atom. The van der Waals surface area contributed by atoms with Crippen molar-refractivity contribution in [2.24, 2.45) is 35.3 Å². The Morgan fingerprint density at radius 1 is 0.793 bits per heavy atom. The molecule has 8 rings (SSSR count). The van der Waals surface area contributed by atoms with Crippen LogP contribution >= 0.6 is 0 Å². The first-order valence-electron chi connectivity index (χ1n) is 32.8. The van der Waals surface area contributed by atoms with Crippen LogP contribution in [0.5, 0.6) is 0 Å². The number of hydrogen-bond donors (Lipinski definition) is 3. The molecule has 6 aliphatic rings. The maximum atomic E-state index is 14.7. The van der Waals surface area contributed by atoms with Crippen LogP contribution in [0.15, 0.2) is 66.2 Å². The Balaban J connectivity index is 0.951. The minimum absolute atomic E-state index is 0.0175. The molecule has 24 heteroatoms. The van der Waals surface area contributed by atoms with Crippen LogP contribution in [0.2, 0.25) is 0 Å². The maximum Gasteiger partial charge on any atom is 0.410 e. The number of aliphatic hydroxyl groups is 2. The van der Waals surface area contributed by atoms with Crippen molar-refractivity contribution < 1.29 is 72.2 Å². The van der Waals surface area contributed by atoms with Gasteiger partial charge in [0.1, 0.15) is 36.2 Å². The highest BCUT2D eigenvalue weighted by atomic mass is 16.6. The van der Waals surface area contributed by atoms with E-state index in [9.17, 15) is 43.8 Å². The number of rotatable bonds is 10. The smallest absolute Gasteiger partial charge is 0.410 e. The highest BCUT2D eigenvalue weighted by Crippen LogP contribution is 2.38. The molecule has 504 valence electrons. The largest absolute Gasteiger partial charge is 0.459 e. The molecule has 2 amide bonds. The van der Waals surface area contributed by atoms with Crippen LogP contribution in [-0.4, -0.2) is 202 Å². The molecule has 3 saturated heterocycles. The summed E-state index contributed by atoms with van der Waals surface area (Å²) in [7, 11) is 4.48. The van der Waals surface area contributed by atoms with Gasteiger partial charge in [0.25, 0.3) is 11.7 Å². The number of piperazine rings is 1. The molecule has 15 atom stereocenters. The summed E-state index contributed by atoms with van der Waals surface area (Å²) in [6, 6.07) is -2.19. The number of piperidine rings is 1. The van der Waals surface area contributed by atoms with E-state index < -0.39 is 102 Å². The van der Waals surface area contributed by atoms with Gasteiger partial charge in [-0.3, -0.25) is 24.0 Å². The van der Waals surface area contributed by atoms with Crippen molar-refractivity contribution in [3.05, 3.63) is 83.0 Å². The summed E-state index contributed by atoms with van der Waals surface area (Å²) in [6.07, 6.45) is 13.9. The SMILES string of the molecule is CO[C@H]1C[C@@H]2CC[C@@H](C)[C@@](O)(O2)C(=O)C(=O)N2CCCC[C@H]2C(=O)O[C@H]([C@H](N)C[C@@H]2CC[C@@H](OC(=O)N3CCc4nc(N5CCN(c6ncc(C(C)=O)cn6)CC5)ncc4C3)[C@H](OC)C2)CC(=O)[C@H](C)/C=C(\C)[C@@H](O)[C@@H](OC)C(=O)[C@H](C)C[C@H](C)/C=C/C=C/C=C/1C. The zero-order valence-electron chi connectivity index (χ0n) is 55.3. The molecule has 0 spiro atoms. The highest BCUT2D eigenvalue weighted by Gasteiger charge is 2.53. The van der Waals surface area contributed by atoms with Crippen molar-refractivity contribution >= 4 is 53.0 Å². The number of nitrogens with two attached hydrogens (primary N) is 1. The van der Waals surface area contributed by atoms with Gasteiger partial charge in [-0.15, -0.1) is 0 Å². The lowest BCUT2D eigenvalue weighted by Gasteiger charge is -2.42. The van der Waals surface area contributed by atoms with Gasteiger partial charge in [0.2, 0.25) is 17.7 Å². The van der Waals surface area contributed by atoms with Gasteiger partial charge in [0.15, 0.2) is 11.6 Å². The number of esters is 1. The van der Waals surface area contributed by atoms with Crippen molar-refractivity contribution in [3.63, 3.8) is 0 Å². The fourth-order valence-electron chi connectivity index (χ4n) is 13.6. The van der Waals surface area contributed by atoms with Crippen LogP contribution < -0.4 is 15.5 Å². The average Bonchev–Trinajstić information content (AvgIpc) is 0.850. The second-order valence-electron chi connectivity index (χ2n) is 26.2. The zero-order chi connectivity index (χ0) is 66.6. The predicted octanol–water partition coefficient (Wildman–Crippen LogP) is 6.18. The first-order valence-corrected chi connectivity index (χ1v) is 32.8. The molecule has 0 unspecified atom stereocenters. The van der Waals surface area contributed by atoms with E-state index in [1.165, 1.54) is 14.0 Å². The number of methoxy groups -OCH3 is 3. The standard InChI is InChI=1S/C68H97N9O15/c1-40-16-12-11-13-17-41(2)56(87-8)34-50-21-19-45(6)68(86,92-50)62(82)63(83)77-24-15-14-18-53(77)64(84)90-57(35-54(79)42(3)31-44(5)60(81)61(89-10)59(80)43(4)30-40)51(69)32-47-20-22-55(58(33-47)88-9)91-67(85)76-25-23-52-49(39-76)38-72-66(73-52)75-28-26-74(27-29-75)65-70-36-48(37-71-65)46(7)78/h11-13,16-17,31,36-38,40,42-43,45,47,50-51,53,55-58,60-61,81,86H,14-15,18-30,32-35,39,69H2,1-10H3/b13-11+,16-12+,41-17+,44-31+/t40-,42-,43-,45-,47+,50+,51-,53+,55-,56+,57+,58-,60-,61+,68-/m1/s1. The number of carbonyl (C=O) groups is 7. The molecule has 4 N–H and O–H groups in total. The van der Waals surface area contributed by atoms with E-state index in [1.54, 1.807) is 71.5 Å². The Morgan fingerprint density at radius 2 is 1.50 bits per heavy atom. The first-order chi connectivity index (χ1) is 43.9. The number of cyclic esters (lactones) is 1. The van der Waals surface area contributed by atoms with Crippen molar-refractivity contribution in [2.75, 3.05) is 70.4 Å². The molecule has 2 bridgehead atoms. The van der Waals surface area contributed by atoms with Crippen LogP contribution in [0.4, 0.5) is 16.7 Å². The van der Waals surface area contributed by atoms with Gasteiger partial charge in [-0.25, -0.2) is 29.5 Å². The highest BCUT2D eigenvalue weighted by molar-refractivity contribution is 6.39. The maximum absolute atomic E-state index is 14.7. The van der Waals surface area contributed by atoms with Crippen LogP contribution in [0.3, 0.4) is 0 Å². The number of amides is 2. The van der Waals surface area contributed by atoms with E-state index in [0.29, 0.717) is 114 Å². The third-order valence-corrected chi connectivity index (χ3v) is 19.5. The van der Waals surface area contributed by atoms with E-state index >= 15 is 0 Å². The number of aliphatic hydroxyl groups excluding tert-OH is 1. The van der Waals surface area contributed by atoms with Crippen LogP contribution in [-0.2, 0) is 65.4 Å². The van der Waals surface area contributed by atoms with Crippen molar-refractivity contribution in [1.29, 1.82) is 0 Å². The van der Waals surface area contributed by atoms with Crippen molar-refractivity contribution in [2.45, 2.75) is 199 Å². The molecular weight excluding hydrogens is 1180 g/mol. The van der Waals surface area contributed by atoms with Gasteiger partial charge >= 0.3 is 12.1 Å². The molecule has 92 heavy (non-hydrogen) atoms. The molecule has 0 aromatic carbocycles. The number of aromatic nitrogens is 4. The summed E-state index contributed by atoms with van der Waals surface area (Å²) in [4.78, 5) is 123. The quantitative estimate of drug-likeness (QED) is 0.103. The van der Waals surface area contributed by atoms with E-state index in [0.717, 1.165) is 21.7 Å². The van der Waals surface area contributed by atoms with Crippen molar-refractivity contribution in [1.82, 2.24) is 29.7 Å². The van der Waals surface area contributed by atoms with E-state index in [2.05, 4.69) is 24.8 Å². The minimum atomic E-state index is -2.49. The fourth-order valence-corrected chi connectivity index (χ4v) is 13.6. The molecule has 4 fully saturated rings. The second-order valence-corrected chi connectivity index (χ2v) is 26.2. The molecule has 7 heterocycles. The molecule has 2 aromatic rings. The third-order valence-electron chi connectivity index (χ3n) is 19.5. The molecule has 1 aliphatic carbocycles. The number of Topliss-reactive ketones (excluding diaryl/α,β-unsaturated/α-hetero) is 4. The Hall–Kier alpha value is -6.67. The van der Waals surface area contributed by atoms with E-state index in [1.807, 2.05) is 44.2 Å². The number of anilines is 2. The van der Waals surface area contributed by atoms with Gasteiger partial charge in [0.05, 0.1) is 36.1 Å². The number of fused-ring (bicyclic) bond motifs is 4. The number of nitrogens with zero attached hydrogens (tertiary/aromatic N) is 8. The van der Waals surface area contributed by atoms with Crippen LogP contribution in [0.1, 0.15) is 147 Å². The summed E-state index contributed by atoms with van der Waals surface area (Å²) in [5.74, 6) is -7.51.